The summed E-state index contributed by atoms with van der Waals surface area (Å²) < 4.78 is 5.11. The van der Waals surface area contributed by atoms with Gasteiger partial charge in [-0.1, -0.05) is 23.8 Å². The number of ether oxygens (including phenoxy) is 1. The van der Waals surface area contributed by atoms with Crippen LogP contribution in [0.5, 0.6) is 0 Å². The molecular weight excluding hydrogens is 264 g/mol. The lowest BCUT2D eigenvalue weighted by atomic mass is 10.2. The molecule has 0 fully saturated rings. The summed E-state index contributed by atoms with van der Waals surface area (Å²) in [5.74, 6) is 0. The highest BCUT2D eigenvalue weighted by Gasteiger charge is 2.14. The number of carbonyl (C=O) groups is 1. The predicted molar refractivity (Wildman–Crippen MR) is 77.3 cm³/mol. The quantitative estimate of drug-likeness (QED) is 0.862. The van der Waals surface area contributed by atoms with Gasteiger partial charge in [0.2, 0.25) is 0 Å². The number of carbonyl (C=O) groups excluding carboxylic acids is 1. The van der Waals surface area contributed by atoms with E-state index >= 15 is 0 Å². The number of hydrogen-bond donors (Lipinski definition) is 1. The van der Waals surface area contributed by atoms with Crippen LogP contribution in [0.15, 0.2) is 18.3 Å². The van der Waals surface area contributed by atoms with E-state index in [2.05, 4.69) is 10.3 Å². The molecule has 0 saturated heterocycles. The van der Waals surface area contributed by atoms with Gasteiger partial charge in [0.1, 0.15) is 10.8 Å². The van der Waals surface area contributed by atoms with E-state index in [0.717, 1.165) is 11.1 Å². The molecule has 0 aliphatic carbocycles. The van der Waals surface area contributed by atoms with Gasteiger partial charge < -0.3 is 10.1 Å². The SMILES string of the molecule is Cc1cc(C=CCNC(=O)OC(C)(C)C)cnc1Cl. The lowest BCUT2D eigenvalue weighted by Crippen LogP contribution is -2.32. The van der Waals surface area contributed by atoms with E-state index in [1.165, 1.54) is 0 Å². The zero-order valence-corrected chi connectivity index (χ0v) is 12.4. The Labute approximate surface area is 118 Å². The average molecular weight is 283 g/mol. The van der Waals surface area contributed by atoms with Crippen LogP contribution in [0.4, 0.5) is 4.79 Å². The van der Waals surface area contributed by atoms with E-state index in [0.29, 0.717) is 11.7 Å². The summed E-state index contributed by atoms with van der Waals surface area (Å²) >= 11 is 5.84. The van der Waals surface area contributed by atoms with E-state index in [9.17, 15) is 4.79 Å². The van der Waals surface area contributed by atoms with Gasteiger partial charge in [0.25, 0.3) is 0 Å². The third-order valence-electron chi connectivity index (χ3n) is 2.11. The molecule has 0 unspecified atom stereocenters. The fourth-order valence-corrected chi connectivity index (χ4v) is 1.43. The highest BCUT2D eigenvalue weighted by molar-refractivity contribution is 6.30. The van der Waals surface area contributed by atoms with Crippen molar-refractivity contribution < 1.29 is 9.53 Å². The third-order valence-corrected chi connectivity index (χ3v) is 2.50. The number of amides is 1. The molecule has 0 aliphatic heterocycles. The first-order chi connectivity index (χ1) is 8.78. The Morgan fingerprint density at radius 1 is 1.53 bits per heavy atom. The molecule has 1 N–H and O–H groups in total. The van der Waals surface area contributed by atoms with Gasteiger partial charge in [-0.3, -0.25) is 0 Å². The summed E-state index contributed by atoms with van der Waals surface area (Å²) in [4.78, 5) is 15.4. The number of aromatic nitrogens is 1. The van der Waals surface area contributed by atoms with Crippen molar-refractivity contribution in [2.24, 2.45) is 0 Å². The Bertz CT molecular complexity index is 479. The van der Waals surface area contributed by atoms with Crippen molar-refractivity contribution in [3.05, 3.63) is 34.6 Å². The smallest absolute Gasteiger partial charge is 0.407 e. The normalized spacial score (nSPS) is 11.6. The van der Waals surface area contributed by atoms with E-state index in [-0.39, 0.29) is 0 Å². The van der Waals surface area contributed by atoms with E-state index < -0.39 is 11.7 Å². The maximum absolute atomic E-state index is 11.4. The maximum atomic E-state index is 11.4. The summed E-state index contributed by atoms with van der Waals surface area (Å²) in [5, 5.41) is 3.14. The third kappa shape index (κ3) is 6.25. The molecule has 4 nitrogen and oxygen atoms in total. The molecule has 1 aromatic rings. The molecular formula is C14H19ClN2O2. The highest BCUT2D eigenvalue weighted by Crippen LogP contribution is 2.13. The number of rotatable bonds is 3. The molecule has 0 saturated carbocycles. The second-order valence-electron chi connectivity index (χ2n) is 5.16. The molecule has 0 aliphatic rings. The molecule has 1 heterocycles. The molecule has 1 rings (SSSR count). The van der Waals surface area contributed by atoms with Crippen LogP contribution in [0.2, 0.25) is 5.15 Å². The standard InChI is InChI=1S/C14H19ClN2O2/c1-10-8-11(9-17-12(10)15)6-5-7-16-13(18)19-14(2,3)4/h5-6,8-9H,7H2,1-4H3,(H,16,18). The minimum absolute atomic E-state index is 0.399. The maximum Gasteiger partial charge on any atom is 0.407 e. The number of nitrogens with zero attached hydrogens (tertiary/aromatic N) is 1. The molecule has 1 aromatic heterocycles. The van der Waals surface area contributed by atoms with Gasteiger partial charge in [0, 0.05) is 12.7 Å². The van der Waals surface area contributed by atoms with Crippen molar-refractivity contribution in [3.63, 3.8) is 0 Å². The van der Waals surface area contributed by atoms with Gasteiger partial charge in [-0.15, -0.1) is 0 Å². The Morgan fingerprint density at radius 3 is 2.79 bits per heavy atom. The summed E-state index contributed by atoms with van der Waals surface area (Å²) in [6, 6.07) is 1.93. The van der Waals surface area contributed by atoms with Crippen LogP contribution in [-0.4, -0.2) is 23.2 Å². The Kier molecular flexibility index (Phi) is 5.36. The van der Waals surface area contributed by atoms with Crippen molar-refractivity contribution in [3.8, 4) is 0 Å². The largest absolute Gasteiger partial charge is 0.444 e. The van der Waals surface area contributed by atoms with Crippen LogP contribution in [0.1, 0.15) is 31.9 Å². The predicted octanol–water partition coefficient (Wildman–Crippen LogP) is 3.58. The van der Waals surface area contributed by atoms with Gasteiger partial charge >= 0.3 is 6.09 Å². The summed E-state index contributed by atoms with van der Waals surface area (Å²) in [5.41, 5.74) is 1.38. The first-order valence-corrected chi connectivity index (χ1v) is 6.41. The number of aryl methyl sites for hydroxylation is 1. The lowest BCUT2D eigenvalue weighted by Gasteiger charge is -2.19. The van der Waals surface area contributed by atoms with Crippen molar-refractivity contribution in [1.29, 1.82) is 0 Å². The van der Waals surface area contributed by atoms with Gasteiger partial charge in [-0.05, 0) is 44.9 Å². The zero-order chi connectivity index (χ0) is 14.5. The van der Waals surface area contributed by atoms with E-state index in [1.54, 1.807) is 6.20 Å². The van der Waals surface area contributed by atoms with E-state index in [4.69, 9.17) is 16.3 Å². The Balaban J connectivity index is 2.42. The fraction of sp³-hybridized carbons (Fsp3) is 0.429. The molecule has 104 valence electrons. The Hall–Kier alpha value is -1.55. The average Bonchev–Trinajstić information content (AvgIpc) is 2.27. The number of hydrogen-bond acceptors (Lipinski definition) is 3. The van der Waals surface area contributed by atoms with Crippen molar-refractivity contribution in [1.82, 2.24) is 10.3 Å². The topological polar surface area (TPSA) is 51.2 Å². The van der Waals surface area contributed by atoms with Crippen LogP contribution < -0.4 is 5.32 Å². The monoisotopic (exact) mass is 282 g/mol. The fourth-order valence-electron chi connectivity index (χ4n) is 1.32. The van der Waals surface area contributed by atoms with E-state index in [1.807, 2.05) is 45.9 Å². The first kappa shape index (κ1) is 15.5. The van der Waals surface area contributed by atoms with Gasteiger partial charge in [-0.25, -0.2) is 9.78 Å². The molecule has 0 atom stereocenters. The van der Waals surface area contributed by atoms with Crippen molar-refractivity contribution in [2.45, 2.75) is 33.3 Å². The van der Waals surface area contributed by atoms with Crippen molar-refractivity contribution in [2.75, 3.05) is 6.54 Å². The van der Waals surface area contributed by atoms with Gasteiger partial charge in [-0.2, -0.15) is 0 Å². The lowest BCUT2D eigenvalue weighted by molar-refractivity contribution is 0.0534. The van der Waals surface area contributed by atoms with Crippen LogP contribution in [-0.2, 0) is 4.74 Å². The number of halogens is 1. The number of nitrogens with one attached hydrogen (secondary N) is 1. The van der Waals surface area contributed by atoms with Crippen LogP contribution >= 0.6 is 11.6 Å². The van der Waals surface area contributed by atoms with Gasteiger partial charge in [0.15, 0.2) is 0 Å². The molecule has 0 bridgehead atoms. The van der Waals surface area contributed by atoms with Crippen LogP contribution in [0.25, 0.3) is 6.08 Å². The minimum Gasteiger partial charge on any atom is -0.444 e. The molecule has 0 radical (unpaired) electrons. The Morgan fingerprint density at radius 2 is 2.21 bits per heavy atom. The van der Waals surface area contributed by atoms with Crippen molar-refractivity contribution >= 4 is 23.8 Å². The summed E-state index contributed by atoms with van der Waals surface area (Å²) in [7, 11) is 0. The molecule has 0 aromatic carbocycles. The minimum atomic E-state index is -0.481. The van der Waals surface area contributed by atoms with Crippen LogP contribution in [0, 0.1) is 6.92 Å². The first-order valence-electron chi connectivity index (χ1n) is 6.03. The summed E-state index contributed by atoms with van der Waals surface area (Å²) in [6.07, 6.45) is 4.95. The zero-order valence-electron chi connectivity index (χ0n) is 11.7. The molecule has 1 amide bonds. The van der Waals surface area contributed by atoms with Crippen LogP contribution in [0.3, 0.4) is 0 Å². The molecule has 5 heteroatoms. The second kappa shape index (κ2) is 6.57. The van der Waals surface area contributed by atoms with Gasteiger partial charge in [0.05, 0.1) is 0 Å². The second-order valence-corrected chi connectivity index (χ2v) is 5.52. The highest BCUT2D eigenvalue weighted by atomic mass is 35.5. The number of alkyl carbamates (subject to hydrolysis) is 1. The number of pyridine rings is 1. The summed E-state index contributed by atoms with van der Waals surface area (Å²) in [6.45, 7) is 7.77. The molecule has 19 heavy (non-hydrogen) atoms. The molecule has 0 spiro atoms.